The molecule has 2 aromatic rings. The fraction of sp³-hybridized carbons (Fsp3) is 0.200. The predicted octanol–water partition coefficient (Wildman–Crippen LogP) is 2.84. The van der Waals surface area contributed by atoms with Gasteiger partial charge >= 0.3 is 12.2 Å². The highest BCUT2D eigenvalue weighted by Gasteiger charge is 2.31. The van der Waals surface area contributed by atoms with Gasteiger partial charge in [0, 0.05) is 29.9 Å². The van der Waals surface area contributed by atoms with E-state index in [9.17, 15) is 32.3 Å². The highest BCUT2D eigenvalue weighted by Crippen LogP contribution is 2.29. The summed E-state index contributed by atoms with van der Waals surface area (Å²) in [6.45, 7) is -0.143. The molecule has 1 aliphatic rings. The number of nitrogens with zero attached hydrogens (tertiary/aromatic N) is 1. The zero-order chi connectivity index (χ0) is 22.6. The molecule has 0 atom stereocenters. The number of carbonyl (C=O) groups excluding carboxylic acids is 4. The number of halogens is 3. The highest BCUT2D eigenvalue weighted by molar-refractivity contribution is 6.04. The van der Waals surface area contributed by atoms with Crippen molar-refractivity contribution in [2.75, 3.05) is 23.7 Å². The van der Waals surface area contributed by atoms with Crippen molar-refractivity contribution in [1.29, 1.82) is 0 Å². The molecule has 3 rings (SSSR count). The van der Waals surface area contributed by atoms with Crippen molar-refractivity contribution in [3.8, 4) is 0 Å². The monoisotopic (exact) mass is 434 g/mol. The third kappa shape index (κ3) is 5.59. The summed E-state index contributed by atoms with van der Waals surface area (Å²) in [7, 11) is 0. The van der Waals surface area contributed by atoms with Gasteiger partial charge in [-0.1, -0.05) is 6.07 Å². The SMILES string of the molecule is O=C(CCN1C(=O)CNC1=O)Nc1ccc(NC(=O)c2cccc(C(F)(F)F)c2)cc1. The van der Waals surface area contributed by atoms with Crippen LogP contribution in [0.3, 0.4) is 0 Å². The molecule has 0 saturated carbocycles. The van der Waals surface area contributed by atoms with Crippen LogP contribution < -0.4 is 16.0 Å². The highest BCUT2D eigenvalue weighted by atomic mass is 19.4. The standard InChI is InChI=1S/C20H17F3N4O4/c21-20(22,23)13-3-1-2-12(10-13)18(30)26-15-6-4-14(5-7-15)25-16(28)8-9-27-17(29)11-24-19(27)31/h1-7,10H,8-9,11H2,(H,24,31)(H,25,28)(H,26,30). The van der Waals surface area contributed by atoms with Gasteiger partial charge in [0.2, 0.25) is 11.8 Å². The third-order valence-electron chi connectivity index (χ3n) is 4.38. The molecule has 3 N–H and O–H groups in total. The largest absolute Gasteiger partial charge is 0.416 e. The fourth-order valence-corrected chi connectivity index (χ4v) is 2.80. The third-order valence-corrected chi connectivity index (χ3v) is 4.38. The number of amides is 5. The van der Waals surface area contributed by atoms with Crippen molar-refractivity contribution in [3.63, 3.8) is 0 Å². The van der Waals surface area contributed by atoms with E-state index in [4.69, 9.17) is 0 Å². The minimum atomic E-state index is -4.55. The van der Waals surface area contributed by atoms with Gasteiger partial charge in [-0.15, -0.1) is 0 Å². The first-order chi connectivity index (χ1) is 14.6. The van der Waals surface area contributed by atoms with Gasteiger partial charge in [-0.25, -0.2) is 4.79 Å². The molecule has 162 valence electrons. The Labute approximate surface area is 174 Å². The molecule has 0 radical (unpaired) electrons. The van der Waals surface area contributed by atoms with Crippen LogP contribution in [0.2, 0.25) is 0 Å². The molecule has 0 aromatic heterocycles. The molecular weight excluding hydrogens is 417 g/mol. The molecule has 0 bridgehead atoms. The second-order valence-electron chi connectivity index (χ2n) is 6.61. The second kappa shape index (κ2) is 8.86. The molecule has 8 nitrogen and oxygen atoms in total. The number of nitrogens with one attached hydrogen (secondary N) is 3. The van der Waals surface area contributed by atoms with E-state index in [-0.39, 0.29) is 25.1 Å². The molecule has 11 heteroatoms. The lowest BCUT2D eigenvalue weighted by Crippen LogP contribution is -2.33. The van der Waals surface area contributed by atoms with E-state index in [0.29, 0.717) is 11.4 Å². The lowest BCUT2D eigenvalue weighted by atomic mass is 10.1. The quantitative estimate of drug-likeness (QED) is 0.608. The van der Waals surface area contributed by atoms with E-state index in [1.54, 1.807) is 0 Å². The lowest BCUT2D eigenvalue weighted by Gasteiger charge is -2.12. The molecule has 1 fully saturated rings. The van der Waals surface area contributed by atoms with Gasteiger partial charge in [-0.3, -0.25) is 19.3 Å². The summed E-state index contributed by atoms with van der Waals surface area (Å²) in [6.07, 6.45) is -4.64. The van der Waals surface area contributed by atoms with Gasteiger partial charge < -0.3 is 16.0 Å². The van der Waals surface area contributed by atoms with E-state index < -0.39 is 35.5 Å². The minimum absolute atomic E-state index is 0.0539. The van der Waals surface area contributed by atoms with Crippen LogP contribution in [0.5, 0.6) is 0 Å². The van der Waals surface area contributed by atoms with Crippen LogP contribution in [0, 0.1) is 0 Å². The maximum Gasteiger partial charge on any atom is 0.416 e. The van der Waals surface area contributed by atoms with Crippen molar-refractivity contribution < 1.29 is 32.3 Å². The van der Waals surface area contributed by atoms with Crippen LogP contribution >= 0.6 is 0 Å². The van der Waals surface area contributed by atoms with Gasteiger partial charge in [0.25, 0.3) is 5.91 Å². The molecule has 1 heterocycles. The van der Waals surface area contributed by atoms with Crippen molar-refractivity contribution >= 4 is 35.1 Å². The topological polar surface area (TPSA) is 108 Å². The fourth-order valence-electron chi connectivity index (χ4n) is 2.80. The molecule has 2 aromatic carbocycles. The summed E-state index contributed by atoms with van der Waals surface area (Å²) in [5.41, 5.74) is -0.349. The number of anilines is 2. The Morgan fingerprint density at radius 2 is 1.65 bits per heavy atom. The Morgan fingerprint density at radius 1 is 1.00 bits per heavy atom. The van der Waals surface area contributed by atoms with Gasteiger partial charge in [-0.2, -0.15) is 13.2 Å². The number of urea groups is 1. The molecule has 31 heavy (non-hydrogen) atoms. The van der Waals surface area contributed by atoms with E-state index in [1.807, 2.05) is 0 Å². The van der Waals surface area contributed by atoms with E-state index in [1.165, 1.54) is 30.3 Å². The van der Waals surface area contributed by atoms with Gasteiger partial charge in [0.1, 0.15) is 0 Å². The summed E-state index contributed by atoms with van der Waals surface area (Å²) in [5.74, 6) is -1.54. The average molecular weight is 434 g/mol. The minimum Gasteiger partial charge on any atom is -0.329 e. The smallest absolute Gasteiger partial charge is 0.329 e. The maximum absolute atomic E-state index is 12.8. The number of rotatable bonds is 6. The Hall–Kier alpha value is -3.89. The summed E-state index contributed by atoms with van der Waals surface area (Å²) >= 11 is 0. The molecule has 5 amide bonds. The van der Waals surface area contributed by atoms with E-state index >= 15 is 0 Å². The van der Waals surface area contributed by atoms with E-state index in [0.717, 1.165) is 23.1 Å². The Kier molecular flexibility index (Phi) is 6.23. The Balaban J connectivity index is 1.54. The predicted molar refractivity (Wildman–Crippen MR) is 104 cm³/mol. The summed E-state index contributed by atoms with van der Waals surface area (Å²) in [6, 6.07) is 9.44. The first kappa shape index (κ1) is 21.8. The first-order valence-electron chi connectivity index (χ1n) is 9.10. The first-order valence-corrected chi connectivity index (χ1v) is 9.10. The average Bonchev–Trinajstić information content (AvgIpc) is 3.05. The zero-order valence-electron chi connectivity index (χ0n) is 16.0. The summed E-state index contributed by atoms with van der Waals surface area (Å²) in [5, 5.41) is 7.42. The van der Waals surface area contributed by atoms with Crippen molar-refractivity contribution in [2.24, 2.45) is 0 Å². The molecular formula is C20H17F3N4O4. The Bertz CT molecular complexity index is 1010. The van der Waals surface area contributed by atoms with Crippen LogP contribution in [0.1, 0.15) is 22.3 Å². The van der Waals surface area contributed by atoms with Crippen LogP contribution in [-0.2, 0) is 15.8 Å². The van der Waals surface area contributed by atoms with Crippen LogP contribution in [0.4, 0.5) is 29.3 Å². The van der Waals surface area contributed by atoms with Gasteiger partial charge in [0.15, 0.2) is 0 Å². The number of imide groups is 1. The molecule has 1 aliphatic heterocycles. The maximum atomic E-state index is 12.8. The lowest BCUT2D eigenvalue weighted by molar-refractivity contribution is -0.137. The van der Waals surface area contributed by atoms with Crippen LogP contribution in [0.25, 0.3) is 0 Å². The van der Waals surface area contributed by atoms with Crippen LogP contribution in [0.15, 0.2) is 48.5 Å². The van der Waals surface area contributed by atoms with E-state index in [2.05, 4.69) is 16.0 Å². The molecule has 0 spiro atoms. The molecule has 0 aliphatic carbocycles. The van der Waals surface area contributed by atoms with Crippen LogP contribution in [-0.4, -0.2) is 41.7 Å². The molecule has 0 unspecified atom stereocenters. The number of alkyl halides is 3. The molecule has 1 saturated heterocycles. The van der Waals surface area contributed by atoms with Gasteiger partial charge in [0.05, 0.1) is 12.1 Å². The number of benzene rings is 2. The van der Waals surface area contributed by atoms with Crippen molar-refractivity contribution in [3.05, 3.63) is 59.7 Å². The Morgan fingerprint density at radius 3 is 2.23 bits per heavy atom. The second-order valence-corrected chi connectivity index (χ2v) is 6.61. The van der Waals surface area contributed by atoms with Gasteiger partial charge in [-0.05, 0) is 42.5 Å². The number of hydrogen-bond acceptors (Lipinski definition) is 4. The number of carbonyl (C=O) groups is 4. The number of hydrogen-bond donors (Lipinski definition) is 3. The summed E-state index contributed by atoms with van der Waals surface area (Å²) < 4.78 is 38.3. The normalized spacial score (nSPS) is 13.7. The van der Waals surface area contributed by atoms with Crippen molar-refractivity contribution in [1.82, 2.24) is 10.2 Å². The van der Waals surface area contributed by atoms with Crippen molar-refractivity contribution in [2.45, 2.75) is 12.6 Å². The summed E-state index contributed by atoms with van der Waals surface area (Å²) in [4.78, 5) is 48.1. The zero-order valence-corrected chi connectivity index (χ0v) is 16.0.